The van der Waals surface area contributed by atoms with Gasteiger partial charge in [-0.15, -0.1) is 0 Å². The molecule has 1 aliphatic carbocycles. The molecule has 184 valence electrons. The largest absolute Gasteiger partial charge is 0.391 e. The molecule has 0 bridgehead atoms. The fraction of sp³-hybridized carbons (Fsp3) is 0.500. The maximum Gasteiger partial charge on any atom is 0.163 e. The molecule has 6 rings (SSSR count). The zero-order valence-electron chi connectivity index (χ0n) is 20.4. The molecule has 4 aromatic rings. The van der Waals surface area contributed by atoms with Gasteiger partial charge in [-0.25, -0.2) is 9.97 Å². The molecule has 0 amide bonds. The third-order valence-corrected chi connectivity index (χ3v) is 7.29. The van der Waals surface area contributed by atoms with Crippen molar-refractivity contribution in [3.63, 3.8) is 0 Å². The second kappa shape index (κ2) is 9.13. The van der Waals surface area contributed by atoms with Crippen LogP contribution < -0.4 is 16.0 Å². The summed E-state index contributed by atoms with van der Waals surface area (Å²) in [6, 6.07) is 6.32. The molecule has 0 aromatic carbocycles. The van der Waals surface area contributed by atoms with E-state index in [1.165, 1.54) is 18.4 Å². The predicted molar refractivity (Wildman–Crippen MR) is 137 cm³/mol. The van der Waals surface area contributed by atoms with Crippen LogP contribution in [-0.2, 0) is 6.54 Å². The Hall–Kier alpha value is -3.17. The Balaban J connectivity index is 1.26. The van der Waals surface area contributed by atoms with E-state index in [4.69, 9.17) is 9.97 Å². The average molecular weight is 475 g/mol. The summed E-state index contributed by atoms with van der Waals surface area (Å²) in [5, 5.41) is 25.2. The number of imidazole rings is 1. The van der Waals surface area contributed by atoms with Gasteiger partial charge in [-0.3, -0.25) is 0 Å². The number of nitrogens with one attached hydrogen (secondary N) is 3. The van der Waals surface area contributed by atoms with Crippen LogP contribution in [0.3, 0.4) is 0 Å². The number of nitrogens with zero attached hydrogens (tertiary/aromatic N) is 5. The van der Waals surface area contributed by atoms with E-state index in [2.05, 4.69) is 63.8 Å². The normalized spacial score (nSPS) is 20.7. The highest BCUT2D eigenvalue weighted by atomic mass is 16.3. The van der Waals surface area contributed by atoms with Gasteiger partial charge >= 0.3 is 0 Å². The highest BCUT2D eigenvalue weighted by molar-refractivity contribution is 5.61. The Morgan fingerprint density at radius 1 is 1.17 bits per heavy atom. The quantitative estimate of drug-likeness (QED) is 0.310. The van der Waals surface area contributed by atoms with Crippen LogP contribution in [-0.4, -0.2) is 54.8 Å². The van der Waals surface area contributed by atoms with Gasteiger partial charge in [0.2, 0.25) is 0 Å². The number of fused-ring (bicyclic) bond motifs is 2. The van der Waals surface area contributed by atoms with Crippen LogP contribution in [0, 0.1) is 5.92 Å². The molecule has 0 radical (unpaired) electrons. The first-order valence-electron chi connectivity index (χ1n) is 12.8. The van der Waals surface area contributed by atoms with Gasteiger partial charge in [-0.1, -0.05) is 19.9 Å². The van der Waals surface area contributed by atoms with E-state index in [1.54, 1.807) is 0 Å². The van der Waals surface area contributed by atoms with E-state index in [9.17, 15) is 5.11 Å². The number of aliphatic hydroxyl groups excluding tert-OH is 1. The number of β-amino-alcohol motifs (C(OH)–C–C–N with tert-alkyl or cyclic N) is 1. The summed E-state index contributed by atoms with van der Waals surface area (Å²) in [6.07, 6.45) is 9.21. The van der Waals surface area contributed by atoms with Crippen molar-refractivity contribution in [1.29, 1.82) is 0 Å². The second-order valence-electron chi connectivity index (χ2n) is 10.3. The zero-order chi connectivity index (χ0) is 23.9. The number of anilines is 2. The number of aliphatic hydroxyl groups is 1. The predicted octanol–water partition coefficient (Wildman–Crippen LogP) is 3.37. The van der Waals surface area contributed by atoms with E-state index < -0.39 is 0 Å². The minimum atomic E-state index is -0.339. The van der Waals surface area contributed by atoms with Crippen LogP contribution in [0.2, 0.25) is 0 Å². The van der Waals surface area contributed by atoms with Crippen LogP contribution >= 0.6 is 0 Å². The number of piperidine rings is 1. The molecule has 9 heteroatoms. The van der Waals surface area contributed by atoms with Crippen LogP contribution in [0.5, 0.6) is 0 Å². The summed E-state index contributed by atoms with van der Waals surface area (Å²) < 4.78 is 4.01. The molecule has 1 saturated heterocycles. The molecule has 0 spiro atoms. The van der Waals surface area contributed by atoms with Crippen molar-refractivity contribution >= 4 is 22.9 Å². The van der Waals surface area contributed by atoms with Gasteiger partial charge in [-0.2, -0.15) is 9.61 Å². The monoisotopic (exact) mass is 474 g/mol. The van der Waals surface area contributed by atoms with Crippen LogP contribution in [0.25, 0.3) is 11.3 Å². The first kappa shape index (κ1) is 22.3. The number of pyridine rings is 1. The lowest BCUT2D eigenvalue weighted by Gasteiger charge is -2.28. The van der Waals surface area contributed by atoms with Crippen molar-refractivity contribution in [2.75, 3.05) is 30.3 Å². The Kier molecular flexibility index (Phi) is 5.82. The van der Waals surface area contributed by atoms with Crippen molar-refractivity contribution in [3.8, 4) is 0 Å². The Morgan fingerprint density at radius 3 is 2.86 bits per heavy atom. The smallest absolute Gasteiger partial charge is 0.163 e. The first-order valence-corrected chi connectivity index (χ1v) is 12.8. The molecule has 35 heavy (non-hydrogen) atoms. The lowest BCUT2D eigenvalue weighted by atomic mass is 9.95. The molecule has 2 atom stereocenters. The van der Waals surface area contributed by atoms with Gasteiger partial charge in [0, 0.05) is 43.0 Å². The molecular weight excluding hydrogens is 440 g/mol. The minimum absolute atomic E-state index is 0.207. The third-order valence-electron chi connectivity index (χ3n) is 7.29. The summed E-state index contributed by atoms with van der Waals surface area (Å²) >= 11 is 0. The second-order valence-corrected chi connectivity index (χ2v) is 10.3. The zero-order valence-corrected chi connectivity index (χ0v) is 20.4. The lowest BCUT2D eigenvalue weighted by Crippen LogP contribution is -2.43. The number of hydrogen-bond donors (Lipinski definition) is 4. The molecule has 2 fully saturated rings. The van der Waals surface area contributed by atoms with Gasteiger partial charge in [0.15, 0.2) is 5.65 Å². The summed E-state index contributed by atoms with van der Waals surface area (Å²) in [4.78, 5) is 9.82. The number of aromatic nitrogens is 5. The molecule has 9 nitrogen and oxygen atoms in total. The van der Waals surface area contributed by atoms with Crippen molar-refractivity contribution in [2.24, 2.45) is 5.92 Å². The molecule has 2 aliphatic rings. The molecule has 5 heterocycles. The summed E-state index contributed by atoms with van der Waals surface area (Å²) in [6.45, 7) is 7.18. The minimum Gasteiger partial charge on any atom is -0.391 e. The third kappa shape index (κ3) is 4.46. The van der Waals surface area contributed by atoms with E-state index in [1.807, 2.05) is 16.8 Å². The summed E-state index contributed by atoms with van der Waals surface area (Å²) in [5.41, 5.74) is 5.37. The average Bonchev–Trinajstić information content (AvgIpc) is 3.46. The standard InChI is InChI=1S/C26H34N8O/c1-16(2)21-13-30-34-24(10-23(32-26(21)34)28-11-18-7-8-27-14-22(18)35)29-12-19-15-33-9-3-4-20(17-5-6-17)25(33)31-19/h3-4,9-10,13,15-18,22,27,29,35H,5-8,11-12,14H2,1-2H3,(H,28,32)/t18-,22+/m1/s1. The fourth-order valence-electron chi connectivity index (χ4n) is 5.04. The van der Waals surface area contributed by atoms with E-state index in [0.29, 0.717) is 31.5 Å². The van der Waals surface area contributed by atoms with E-state index in [0.717, 1.165) is 47.2 Å². The van der Waals surface area contributed by atoms with Crippen LogP contribution in [0.1, 0.15) is 61.8 Å². The van der Waals surface area contributed by atoms with Gasteiger partial charge in [0.05, 0.1) is 24.5 Å². The van der Waals surface area contributed by atoms with E-state index in [-0.39, 0.29) is 12.0 Å². The number of rotatable bonds is 8. The van der Waals surface area contributed by atoms with Gasteiger partial charge in [0.25, 0.3) is 0 Å². The lowest BCUT2D eigenvalue weighted by molar-refractivity contribution is 0.0883. The van der Waals surface area contributed by atoms with Gasteiger partial charge in [0.1, 0.15) is 17.3 Å². The SMILES string of the molecule is CC(C)c1cnn2c(NCc3cn4cccc(C5CC5)c4n3)cc(NC[C@H]3CCNC[C@@H]3O)nc12. The Bertz CT molecular complexity index is 1340. The molecule has 1 saturated carbocycles. The maximum absolute atomic E-state index is 10.3. The molecule has 0 unspecified atom stereocenters. The highest BCUT2D eigenvalue weighted by Gasteiger charge is 2.26. The first-order chi connectivity index (χ1) is 17.1. The Morgan fingerprint density at radius 2 is 2.06 bits per heavy atom. The van der Waals surface area contributed by atoms with Crippen molar-refractivity contribution in [1.82, 2.24) is 29.3 Å². The van der Waals surface area contributed by atoms with Gasteiger partial charge in [-0.05, 0) is 49.3 Å². The Labute approximate surface area is 205 Å². The molecule has 4 N–H and O–H groups in total. The fourth-order valence-corrected chi connectivity index (χ4v) is 5.04. The molecule has 1 aliphatic heterocycles. The van der Waals surface area contributed by atoms with Crippen LogP contribution in [0.4, 0.5) is 11.6 Å². The highest BCUT2D eigenvalue weighted by Crippen LogP contribution is 2.41. The topological polar surface area (TPSA) is 104 Å². The van der Waals surface area contributed by atoms with Gasteiger partial charge < -0.3 is 25.5 Å². The van der Waals surface area contributed by atoms with E-state index >= 15 is 0 Å². The summed E-state index contributed by atoms with van der Waals surface area (Å²) in [7, 11) is 0. The molecule has 4 aromatic heterocycles. The summed E-state index contributed by atoms with van der Waals surface area (Å²) in [5.74, 6) is 2.84. The van der Waals surface area contributed by atoms with Crippen LogP contribution in [0.15, 0.2) is 36.8 Å². The van der Waals surface area contributed by atoms with Crippen molar-refractivity contribution in [3.05, 3.63) is 53.6 Å². The maximum atomic E-state index is 10.3. The molecular formula is C26H34N8O. The van der Waals surface area contributed by atoms with Crippen molar-refractivity contribution < 1.29 is 5.11 Å². The van der Waals surface area contributed by atoms with Crippen molar-refractivity contribution in [2.45, 2.75) is 57.6 Å². The number of hydrogen-bond acceptors (Lipinski definition) is 7.